The smallest absolute Gasteiger partial charge is 0.457 e. The third kappa shape index (κ3) is 3.86. The van der Waals surface area contributed by atoms with E-state index in [9.17, 15) is 10.0 Å². The molecule has 1 unspecified atom stereocenters. The summed E-state index contributed by atoms with van der Waals surface area (Å²) in [5, 5.41) is 23.4. The minimum Gasteiger partial charge on any atom is -0.457 e. The quantitative estimate of drug-likeness (QED) is 0.212. The van der Waals surface area contributed by atoms with E-state index < -0.39 is 12.5 Å². The average Bonchev–Trinajstić information content (AvgIpc) is 3.38. The highest BCUT2D eigenvalue weighted by Crippen LogP contribution is 2.55. The molecular formula is C37H25BClNO3. The van der Waals surface area contributed by atoms with Crippen LogP contribution in [0.3, 0.4) is 0 Å². The normalized spacial score (nSPS) is 15.6. The fourth-order valence-electron chi connectivity index (χ4n) is 6.82. The minimum atomic E-state index is -1.61. The van der Waals surface area contributed by atoms with Gasteiger partial charge in [-0.3, -0.25) is 0 Å². The third-order valence-corrected chi connectivity index (χ3v) is 8.83. The van der Waals surface area contributed by atoms with Gasteiger partial charge in [0.2, 0.25) is 0 Å². The zero-order valence-electron chi connectivity index (χ0n) is 23.0. The summed E-state index contributed by atoms with van der Waals surface area (Å²) >= 11 is 6.51. The van der Waals surface area contributed by atoms with Gasteiger partial charge in [-0.25, -0.2) is 0 Å². The van der Waals surface area contributed by atoms with Crippen LogP contribution in [0.15, 0.2) is 140 Å². The van der Waals surface area contributed by atoms with Crippen LogP contribution in [-0.4, -0.2) is 21.7 Å². The summed E-state index contributed by atoms with van der Waals surface area (Å²) in [6, 6.07) is 46.8. The first-order valence-electron chi connectivity index (χ1n) is 14.2. The Kier molecular flexibility index (Phi) is 5.95. The Morgan fingerprint density at radius 2 is 1.21 bits per heavy atom. The molecule has 0 saturated heterocycles. The molecule has 6 heteroatoms. The zero-order chi connectivity index (χ0) is 29.1. The maximum Gasteiger partial charge on any atom is 0.488 e. The number of ether oxygens (including phenoxy) is 1. The van der Waals surface area contributed by atoms with Crippen molar-refractivity contribution < 1.29 is 14.8 Å². The number of hydrogen-bond donors (Lipinski definition) is 2. The molecule has 0 radical (unpaired) electrons. The van der Waals surface area contributed by atoms with Crippen LogP contribution in [-0.2, 0) is 5.41 Å². The summed E-state index contributed by atoms with van der Waals surface area (Å²) in [4.78, 5) is 0. The van der Waals surface area contributed by atoms with Crippen molar-refractivity contribution in [2.75, 3.05) is 0 Å². The van der Waals surface area contributed by atoms with Crippen molar-refractivity contribution in [3.8, 4) is 17.2 Å². The van der Waals surface area contributed by atoms with E-state index in [1.807, 2.05) is 54.6 Å². The summed E-state index contributed by atoms with van der Waals surface area (Å²) in [7, 11) is -1.61. The van der Waals surface area contributed by atoms with E-state index >= 15 is 0 Å². The maximum atomic E-state index is 10.2. The molecule has 2 N–H and O–H groups in total. The van der Waals surface area contributed by atoms with Crippen LogP contribution in [0.25, 0.3) is 27.5 Å². The molecule has 1 atom stereocenters. The van der Waals surface area contributed by atoms with Crippen LogP contribution in [0.1, 0.15) is 22.3 Å². The Morgan fingerprint density at radius 3 is 1.95 bits per heavy atom. The molecule has 1 aliphatic heterocycles. The van der Waals surface area contributed by atoms with Crippen molar-refractivity contribution in [2.45, 2.75) is 5.41 Å². The van der Waals surface area contributed by atoms with E-state index in [0.29, 0.717) is 16.2 Å². The summed E-state index contributed by atoms with van der Waals surface area (Å²) in [6.07, 6.45) is 0. The van der Waals surface area contributed by atoms with E-state index in [1.54, 1.807) is 6.07 Å². The van der Waals surface area contributed by atoms with Crippen molar-refractivity contribution in [3.63, 3.8) is 0 Å². The van der Waals surface area contributed by atoms with Gasteiger partial charge in [0.25, 0.3) is 0 Å². The average molecular weight is 578 g/mol. The molecule has 1 aliphatic rings. The van der Waals surface area contributed by atoms with Crippen LogP contribution >= 0.6 is 11.6 Å². The van der Waals surface area contributed by atoms with Crippen LogP contribution in [0.5, 0.6) is 11.5 Å². The second kappa shape index (κ2) is 9.89. The number of fused-ring (bicyclic) bond motifs is 5. The van der Waals surface area contributed by atoms with Crippen LogP contribution in [0.4, 0.5) is 0 Å². The number of benzene rings is 6. The third-order valence-electron chi connectivity index (χ3n) is 8.59. The number of hydrogen-bond acceptors (Lipinski definition) is 3. The van der Waals surface area contributed by atoms with Gasteiger partial charge in [0.15, 0.2) is 0 Å². The first-order chi connectivity index (χ1) is 21.1. The predicted molar refractivity (Wildman–Crippen MR) is 174 cm³/mol. The number of nitrogens with zero attached hydrogens (tertiary/aromatic N) is 1. The van der Waals surface area contributed by atoms with E-state index in [0.717, 1.165) is 44.7 Å². The molecule has 0 amide bonds. The SMILES string of the molecule is OB(O)c1cccc(C2(c3cccc(-n4c5ccccc5c5ccccc54)c3)c3ccccc3Oc3cc(Cl)ccc32)c1. The summed E-state index contributed by atoms with van der Waals surface area (Å²) < 4.78 is 8.77. The molecule has 6 aromatic carbocycles. The first-order valence-corrected chi connectivity index (χ1v) is 14.6. The molecular weight excluding hydrogens is 553 g/mol. The van der Waals surface area contributed by atoms with Gasteiger partial charge in [0, 0.05) is 32.6 Å². The van der Waals surface area contributed by atoms with Gasteiger partial charge in [-0.05, 0) is 59.1 Å². The molecule has 0 spiro atoms. The Morgan fingerprint density at radius 1 is 0.581 bits per heavy atom. The highest BCUT2D eigenvalue weighted by Gasteiger charge is 2.45. The summed E-state index contributed by atoms with van der Waals surface area (Å²) in [6.45, 7) is 0. The molecule has 4 nitrogen and oxygen atoms in total. The molecule has 206 valence electrons. The Labute approximate surface area is 254 Å². The molecule has 43 heavy (non-hydrogen) atoms. The van der Waals surface area contributed by atoms with Gasteiger partial charge in [-0.1, -0.05) is 109 Å². The molecule has 0 fully saturated rings. The zero-order valence-corrected chi connectivity index (χ0v) is 23.7. The Bertz CT molecular complexity index is 2140. The van der Waals surface area contributed by atoms with E-state index in [2.05, 4.69) is 83.4 Å². The Balaban J connectivity index is 1.49. The predicted octanol–water partition coefficient (Wildman–Crippen LogP) is 7.61. The van der Waals surface area contributed by atoms with Crippen LogP contribution in [0, 0.1) is 0 Å². The fraction of sp³-hybridized carbons (Fsp3) is 0.0270. The van der Waals surface area contributed by atoms with Gasteiger partial charge in [0.1, 0.15) is 11.5 Å². The van der Waals surface area contributed by atoms with Gasteiger partial charge < -0.3 is 19.4 Å². The molecule has 8 rings (SSSR count). The van der Waals surface area contributed by atoms with Gasteiger partial charge in [-0.2, -0.15) is 0 Å². The molecule has 0 saturated carbocycles. The van der Waals surface area contributed by atoms with Crippen molar-refractivity contribution in [1.82, 2.24) is 4.57 Å². The van der Waals surface area contributed by atoms with Gasteiger partial charge in [0.05, 0.1) is 16.4 Å². The van der Waals surface area contributed by atoms with Gasteiger partial charge >= 0.3 is 7.12 Å². The standard InChI is InChI=1S/C37H25BClNO3/c39-27-19-20-32-36(23-27)43-35-18-6-3-15-31(35)37(32,24-9-7-11-26(21-24)38(41)42)25-10-8-12-28(22-25)40-33-16-4-1-13-29(33)30-14-2-5-17-34(30)40/h1-23,41-42H. The van der Waals surface area contributed by atoms with Crippen molar-refractivity contribution in [3.05, 3.63) is 167 Å². The van der Waals surface area contributed by atoms with Crippen molar-refractivity contribution in [1.29, 1.82) is 0 Å². The molecule has 0 aliphatic carbocycles. The maximum absolute atomic E-state index is 10.2. The number of para-hydroxylation sites is 3. The van der Waals surface area contributed by atoms with Crippen LogP contribution in [0.2, 0.25) is 5.02 Å². The monoisotopic (exact) mass is 577 g/mol. The van der Waals surface area contributed by atoms with Gasteiger partial charge in [-0.15, -0.1) is 0 Å². The number of aromatic nitrogens is 1. The largest absolute Gasteiger partial charge is 0.488 e. The lowest BCUT2D eigenvalue weighted by Gasteiger charge is -2.42. The second-order valence-corrected chi connectivity index (χ2v) is 11.3. The lowest BCUT2D eigenvalue weighted by molar-refractivity contribution is 0.425. The Hall–Kier alpha value is -4.81. The molecule has 1 aromatic heterocycles. The molecule has 0 bridgehead atoms. The topological polar surface area (TPSA) is 54.6 Å². The van der Waals surface area contributed by atoms with E-state index in [4.69, 9.17) is 16.3 Å². The second-order valence-electron chi connectivity index (χ2n) is 10.9. The van der Waals surface area contributed by atoms with Crippen molar-refractivity contribution >= 4 is 46.0 Å². The lowest BCUT2D eigenvalue weighted by atomic mass is 9.62. The van der Waals surface area contributed by atoms with E-state index in [1.165, 1.54) is 10.8 Å². The highest BCUT2D eigenvalue weighted by molar-refractivity contribution is 6.58. The van der Waals surface area contributed by atoms with Crippen LogP contribution < -0.4 is 10.2 Å². The highest BCUT2D eigenvalue weighted by atomic mass is 35.5. The fourth-order valence-corrected chi connectivity index (χ4v) is 6.98. The van der Waals surface area contributed by atoms with Crippen molar-refractivity contribution in [2.24, 2.45) is 0 Å². The lowest BCUT2D eigenvalue weighted by Crippen LogP contribution is -2.37. The first kappa shape index (κ1) is 25.9. The molecule has 7 aromatic rings. The number of halogens is 1. The number of rotatable bonds is 4. The summed E-state index contributed by atoms with van der Waals surface area (Å²) in [5.41, 5.74) is 6.59. The minimum absolute atomic E-state index is 0.412. The van der Waals surface area contributed by atoms with E-state index in [-0.39, 0.29) is 0 Å². The summed E-state index contributed by atoms with van der Waals surface area (Å²) in [5.74, 6) is 1.37. The molecule has 2 heterocycles.